The summed E-state index contributed by atoms with van der Waals surface area (Å²) in [7, 11) is -1.36. The van der Waals surface area contributed by atoms with Crippen LogP contribution in [-0.4, -0.2) is 28.0 Å². The molecule has 17 heavy (non-hydrogen) atoms. The van der Waals surface area contributed by atoms with Crippen molar-refractivity contribution in [2.75, 3.05) is 13.7 Å². The van der Waals surface area contributed by atoms with E-state index in [0.717, 1.165) is 7.11 Å². The van der Waals surface area contributed by atoms with E-state index >= 15 is 0 Å². The van der Waals surface area contributed by atoms with Gasteiger partial charge in [-0.2, -0.15) is 12.8 Å². The summed E-state index contributed by atoms with van der Waals surface area (Å²) in [5.74, 6) is -0.667. The Labute approximate surface area is 102 Å². The van der Waals surface area contributed by atoms with Crippen molar-refractivity contribution < 1.29 is 17.9 Å². The molecule has 0 aliphatic rings. The maximum atomic E-state index is 10.1. The third-order valence-corrected chi connectivity index (χ3v) is 2.29. The first-order valence-electron chi connectivity index (χ1n) is 4.83. The Hall–Kier alpha value is -1.69. The molecule has 0 unspecified atom stereocenters. The number of hydrogen-bond donors (Lipinski definition) is 0. The summed E-state index contributed by atoms with van der Waals surface area (Å²) in [6.07, 6.45) is 0. The van der Waals surface area contributed by atoms with Gasteiger partial charge in [-0.05, 0) is 25.0 Å². The van der Waals surface area contributed by atoms with E-state index in [9.17, 15) is 13.2 Å². The van der Waals surface area contributed by atoms with E-state index in [1.165, 1.54) is 11.1 Å². The average Bonchev–Trinajstić information content (AvgIpc) is 2.30. The van der Waals surface area contributed by atoms with Crippen molar-refractivity contribution in [1.29, 1.82) is 0 Å². The van der Waals surface area contributed by atoms with Crippen molar-refractivity contribution in [2.45, 2.75) is 13.8 Å². The average molecular weight is 257 g/mol. The van der Waals surface area contributed by atoms with Gasteiger partial charge in [0.05, 0.1) is 7.11 Å². The maximum absolute atomic E-state index is 10.1. The molecule has 94 valence electrons. The van der Waals surface area contributed by atoms with Crippen molar-refractivity contribution in [3.05, 3.63) is 35.4 Å². The molecule has 5 nitrogen and oxygen atoms in total. The molecular formula is C11H15NO4S. The number of ether oxygens (including phenoxy) is 1. The van der Waals surface area contributed by atoms with E-state index in [1.54, 1.807) is 0 Å². The molecule has 1 rings (SSSR count). The smallest absolute Gasteiger partial charge is 0.328 e. The summed E-state index contributed by atoms with van der Waals surface area (Å²) in [5, 5.41) is 0. The zero-order valence-corrected chi connectivity index (χ0v) is 10.8. The molecule has 0 aliphatic heterocycles. The molecule has 0 aromatic heterocycles. The fraction of sp³-hybridized carbons (Fsp3) is 0.364. The Bertz CT molecular complexity index is 465. The minimum atomic E-state index is -2.51. The highest BCUT2D eigenvalue weighted by molar-refractivity contribution is 7.61. The van der Waals surface area contributed by atoms with Crippen LogP contribution in [0, 0.1) is 13.8 Å². The molecule has 0 amide bonds. The summed E-state index contributed by atoms with van der Waals surface area (Å²) >= 11 is 0. The highest BCUT2D eigenvalue weighted by Crippen LogP contribution is 2.02. The summed E-state index contributed by atoms with van der Waals surface area (Å²) in [6.45, 7) is 3.80. The lowest BCUT2D eigenvalue weighted by Crippen LogP contribution is -2.03. The quantitative estimate of drug-likeness (QED) is 0.753. The second-order valence-corrected chi connectivity index (χ2v) is 3.86. The van der Waals surface area contributed by atoms with Crippen molar-refractivity contribution >= 4 is 16.5 Å². The van der Waals surface area contributed by atoms with Crippen LogP contribution in [-0.2, 0) is 20.0 Å². The third-order valence-electron chi connectivity index (χ3n) is 1.95. The van der Waals surface area contributed by atoms with Gasteiger partial charge in [0.2, 0.25) is 0 Å². The summed E-state index contributed by atoms with van der Waals surface area (Å²) in [4.78, 5) is 10.1. The molecule has 0 atom stereocenters. The molecule has 0 bridgehead atoms. The number of carbonyl (C=O) groups is 1. The van der Waals surface area contributed by atoms with Gasteiger partial charge in [0.15, 0.2) is 6.54 Å². The minimum absolute atomic E-state index is 0.438. The zero-order chi connectivity index (χ0) is 13.3. The van der Waals surface area contributed by atoms with E-state index in [-0.39, 0.29) is 0 Å². The Balaban J connectivity index is 0.000000302. The van der Waals surface area contributed by atoms with Crippen LogP contribution in [0.3, 0.4) is 0 Å². The summed E-state index contributed by atoms with van der Waals surface area (Å²) < 4.78 is 26.2. The van der Waals surface area contributed by atoms with Gasteiger partial charge in [0, 0.05) is 0 Å². The number of nitrogens with zero attached hydrogens (tertiary/aromatic N) is 1. The van der Waals surface area contributed by atoms with Crippen molar-refractivity contribution in [1.82, 2.24) is 0 Å². The van der Waals surface area contributed by atoms with Crippen LogP contribution >= 0.6 is 0 Å². The lowest BCUT2D eigenvalue weighted by molar-refractivity contribution is -0.138. The van der Waals surface area contributed by atoms with E-state index in [1.807, 2.05) is 0 Å². The fourth-order valence-corrected chi connectivity index (χ4v) is 1.04. The van der Waals surface area contributed by atoms with Gasteiger partial charge in [0.25, 0.3) is 0 Å². The molecule has 0 N–H and O–H groups in total. The van der Waals surface area contributed by atoms with E-state index in [2.05, 4.69) is 47.2 Å². The minimum Gasteiger partial charge on any atom is -0.468 e. The number of methoxy groups -OCH3 is 1. The Morgan fingerprint density at radius 1 is 1.24 bits per heavy atom. The fourth-order valence-electron chi connectivity index (χ4n) is 0.833. The summed E-state index contributed by atoms with van der Waals surface area (Å²) in [6, 6.07) is 8.36. The predicted molar refractivity (Wildman–Crippen MR) is 64.1 cm³/mol. The molecule has 1 aromatic carbocycles. The number of rotatable bonds is 2. The second kappa shape index (κ2) is 8.46. The lowest BCUT2D eigenvalue weighted by atomic mass is 10.1. The van der Waals surface area contributed by atoms with Crippen LogP contribution in [0.4, 0.5) is 0 Å². The first-order chi connectivity index (χ1) is 7.97. The van der Waals surface area contributed by atoms with Gasteiger partial charge in [-0.15, -0.1) is 0 Å². The zero-order valence-electron chi connectivity index (χ0n) is 10.0. The topological polar surface area (TPSA) is 72.8 Å². The van der Waals surface area contributed by atoms with Crippen LogP contribution < -0.4 is 0 Å². The van der Waals surface area contributed by atoms with Crippen LogP contribution in [0.2, 0.25) is 0 Å². The van der Waals surface area contributed by atoms with Crippen LogP contribution in [0.25, 0.3) is 0 Å². The summed E-state index contributed by atoms with van der Waals surface area (Å²) in [5.41, 5.74) is 2.74. The lowest BCUT2D eigenvalue weighted by Gasteiger charge is -1.93. The molecule has 0 saturated heterocycles. The molecule has 0 radical (unpaired) electrons. The number of hydrogen-bond acceptors (Lipinski definition) is 5. The molecular weight excluding hydrogens is 242 g/mol. The number of esters is 1. The Morgan fingerprint density at radius 2 is 1.71 bits per heavy atom. The number of aryl methyl sites for hydroxylation is 2. The van der Waals surface area contributed by atoms with Crippen molar-refractivity contribution in [3.8, 4) is 0 Å². The van der Waals surface area contributed by atoms with E-state index in [4.69, 9.17) is 0 Å². The predicted octanol–water partition coefficient (Wildman–Crippen LogP) is 1.53. The third kappa shape index (κ3) is 8.15. The van der Waals surface area contributed by atoms with Gasteiger partial charge in [-0.25, -0.2) is 0 Å². The van der Waals surface area contributed by atoms with Gasteiger partial charge >= 0.3 is 16.5 Å². The van der Waals surface area contributed by atoms with E-state index < -0.39 is 23.0 Å². The molecule has 1 aromatic rings. The van der Waals surface area contributed by atoms with Crippen LogP contribution in [0.5, 0.6) is 0 Å². The van der Waals surface area contributed by atoms with Crippen molar-refractivity contribution in [3.63, 3.8) is 0 Å². The number of benzene rings is 1. The first kappa shape index (κ1) is 15.3. The van der Waals surface area contributed by atoms with Crippen molar-refractivity contribution in [2.24, 2.45) is 4.36 Å². The largest absolute Gasteiger partial charge is 0.468 e. The van der Waals surface area contributed by atoms with E-state index in [0.29, 0.717) is 0 Å². The molecule has 0 fully saturated rings. The van der Waals surface area contributed by atoms with Gasteiger partial charge < -0.3 is 4.74 Å². The van der Waals surface area contributed by atoms with Crippen LogP contribution in [0.1, 0.15) is 11.1 Å². The monoisotopic (exact) mass is 257 g/mol. The maximum Gasteiger partial charge on any atom is 0.328 e. The molecule has 6 heteroatoms. The van der Waals surface area contributed by atoms with Crippen LogP contribution in [0.15, 0.2) is 28.6 Å². The normalized spacial score (nSPS) is 8.65. The highest BCUT2D eigenvalue weighted by atomic mass is 32.2. The van der Waals surface area contributed by atoms with Gasteiger partial charge in [0.1, 0.15) is 0 Å². The highest BCUT2D eigenvalue weighted by Gasteiger charge is 1.94. The Kier molecular flexibility index (Phi) is 7.62. The number of carbonyl (C=O) groups excluding carboxylic acids is 1. The van der Waals surface area contributed by atoms with Gasteiger partial charge in [-0.1, -0.05) is 24.3 Å². The SMILES string of the molecule is COC(=O)CN=S(=O)=O.Cc1ccccc1C. The first-order valence-corrected chi connectivity index (χ1v) is 5.86. The molecule has 0 heterocycles. The Morgan fingerprint density at radius 3 is 2.00 bits per heavy atom. The molecule has 0 aliphatic carbocycles. The standard InChI is InChI=1S/C8H10.C3H5NO4S/c1-7-5-3-4-6-8(7)2;1-8-3(5)2-4-9(6)7/h3-6H,1-2H3;2H2,1H3. The van der Waals surface area contributed by atoms with Gasteiger partial charge in [-0.3, -0.25) is 4.79 Å². The second-order valence-electron chi connectivity index (χ2n) is 3.16. The molecule has 0 saturated carbocycles. The molecule has 0 spiro atoms.